The number of imidazole rings is 1. The molecule has 0 aliphatic carbocycles. The number of aromatic nitrogens is 5. The number of hydrogen-bond donors (Lipinski definition) is 2. The molecule has 6 rings (SSSR count). The normalized spacial score (nSPS) is 13.8. The number of amides is 1. The molecule has 4 N–H and O–H groups in total. The first kappa shape index (κ1) is 27.2. The van der Waals surface area contributed by atoms with Gasteiger partial charge in [0.1, 0.15) is 23.6 Å². The summed E-state index contributed by atoms with van der Waals surface area (Å²) in [6.45, 7) is 7.13. The van der Waals surface area contributed by atoms with E-state index in [1.54, 1.807) is 24.4 Å². The predicted octanol–water partition coefficient (Wildman–Crippen LogP) is 3.35. The second kappa shape index (κ2) is 11.8. The van der Waals surface area contributed by atoms with Gasteiger partial charge in [0.15, 0.2) is 17.3 Å². The van der Waals surface area contributed by atoms with E-state index in [-0.39, 0.29) is 5.82 Å². The van der Waals surface area contributed by atoms with Crippen LogP contribution in [0.15, 0.2) is 59.4 Å². The molecule has 0 spiro atoms. The number of ether oxygens (including phenoxy) is 3. The lowest BCUT2D eigenvalue weighted by molar-refractivity contribution is 0.0322. The van der Waals surface area contributed by atoms with E-state index < -0.39 is 5.91 Å². The molecule has 3 aromatic heterocycles. The van der Waals surface area contributed by atoms with E-state index in [0.29, 0.717) is 58.7 Å². The van der Waals surface area contributed by atoms with Gasteiger partial charge in [-0.25, -0.2) is 14.6 Å². The molecule has 0 radical (unpaired) electrons. The van der Waals surface area contributed by atoms with Gasteiger partial charge in [-0.1, -0.05) is 12.1 Å². The van der Waals surface area contributed by atoms with Crippen molar-refractivity contribution in [1.29, 1.82) is 0 Å². The summed E-state index contributed by atoms with van der Waals surface area (Å²) < 4.78 is 24.3. The summed E-state index contributed by atoms with van der Waals surface area (Å²) >= 11 is 0. The Morgan fingerprint density at radius 3 is 2.69 bits per heavy atom. The lowest BCUT2D eigenvalue weighted by Crippen LogP contribution is -2.38. The molecular weight excluding hydrogens is 540 g/mol. The smallest absolute Gasteiger partial charge is 0.249 e. The highest BCUT2D eigenvalue weighted by Gasteiger charge is 2.20. The van der Waals surface area contributed by atoms with Gasteiger partial charge in [0.25, 0.3) is 0 Å². The van der Waals surface area contributed by atoms with E-state index in [4.69, 9.17) is 30.3 Å². The second-order valence-corrected chi connectivity index (χ2v) is 9.69. The van der Waals surface area contributed by atoms with E-state index in [9.17, 15) is 4.79 Å². The summed E-state index contributed by atoms with van der Waals surface area (Å²) in [6, 6.07) is 14.4. The summed E-state index contributed by atoms with van der Waals surface area (Å²) in [5, 5.41) is 7.54. The zero-order valence-corrected chi connectivity index (χ0v) is 23.0. The van der Waals surface area contributed by atoms with Crippen LogP contribution >= 0.6 is 0 Å². The number of fused-ring (bicyclic) bond motifs is 1. The Labute approximate surface area is 240 Å². The number of pyridine rings is 1. The lowest BCUT2D eigenvalue weighted by atomic mass is 9.98. The number of benzene rings is 2. The number of nitrogens with zero attached hydrogens (tertiary/aromatic N) is 6. The van der Waals surface area contributed by atoms with Crippen molar-refractivity contribution in [3.8, 4) is 40.0 Å². The number of hydrogen-bond acceptors (Lipinski definition) is 11. The molecule has 1 aliphatic heterocycles. The topological polar surface area (TPSA) is 170 Å². The molecular formula is C29H30N8O5. The number of primary amides is 1. The Bertz CT molecular complexity index is 1730. The fourth-order valence-electron chi connectivity index (χ4n) is 4.95. The molecule has 0 bridgehead atoms. The lowest BCUT2D eigenvalue weighted by Gasteiger charge is -2.26. The number of nitrogens with two attached hydrogens (primary N) is 2. The van der Waals surface area contributed by atoms with Gasteiger partial charge in [0, 0.05) is 37.8 Å². The Balaban J connectivity index is 1.25. The summed E-state index contributed by atoms with van der Waals surface area (Å²) in [6.07, 6.45) is 1.62. The average Bonchev–Trinajstić information content (AvgIpc) is 3.60. The first-order chi connectivity index (χ1) is 20.5. The summed E-state index contributed by atoms with van der Waals surface area (Å²) in [5.74, 6) is 1.69. The van der Waals surface area contributed by atoms with E-state index in [1.165, 1.54) is 0 Å². The van der Waals surface area contributed by atoms with Crippen LogP contribution < -0.4 is 20.9 Å². The van der Waals surface area contributed by atoms with Gasteiger partial charge >= 0.3 is 0 Å². The number of morpholine rings is 1. The number of anilines is 1. The Morgan fingerprint density at radius 1 is 1.07 bits per heavy atom. The van der Waals surface area contributed by atoms with Gasteiger partial charge in [-0.05, 0) is 58.7 Å². The largest absolute Gasteiger partial charge is 0.492 e. The van der Waals surface area contributed by atoms with Gasteiger partial charge in [0.05, 0.1) is 24.9 Å². The third-order valence-corrected chi connectivity index (χ3v) is 7.06. The Hall–Kier alpha value is -5.01. The van der Waals surface area contributed by atoms with Crippen molar-refractivity contribution in [3.05, 3.63) is 60.3 Å². The van der Waals surface area contributed by atoms with Crippen molar-refractivity contribution >= 4 is 22.8 Å². The maximum atomic E-state index is 12.3. The van der Waals surface area contributed by atoms with Crippen LogP contribution in [0, 0.1) is 0 Å². The average molecular weight is 571 g/mol. The van der Waals surface area contributed by atoms with Crippen molar-refractivity contribution in [2.24, 2.45) is 5.73 Å². The minimum Gasteiger partial charge on any atom is -0.492 e. The first-order valence-corrected chi connectivity index (χ1v) is 13.6. The highest BCUT2D eigenvalue weighted by molar-refractivity contribution is 6.00. The molecule has 2 aromatic carbocycles. The summed E-state index contributed by atoms with van der Waals surface area (Å²) in [4.78, 5) is 23.6. The third kappa shape index (κ3) is 5.60. The van der Waals surface area contributed by atoms with Gasteiger partial charge < -0.3 is 30.2 Å². The Kier molecular flexibility index (Phi) is 7.66. The van der Waals surface area contributed by atoms with Crippen LogP contribution in [0.5, 0.6) is 17.4 Å². The molecule has 0 unspecified atom stereocenters. The minimum atomic E-state index is -0.533. The molecule has 13 nitrogen and oxygen atoms in total. The molecule has 1 amide bonds. The number of carbonyl (C=O) groups is 1. The van der Waals surface area contributed by atoms with E-state index in [0.717, 1.165) is 43.9 Å². The molecule has 0 saturated carbocycles. The van der Waals surface area contributed by atoms with Crippen molar-refractivity contribution in [2.75, 3.05) is 45.2 Å². The second-order valence-electron chi connectivity index (χ2n) is 9.69. The van der Waals surface area contributed by atoms with Gasteiger partial charge in [-0.3, -0.25) is 9.69 Å². The van der Waals surface area contributed by atoms with Gasteiger partial charge in [-0.15, -0.1) is 0 Å². The highest BCUT2D eigenvalue weighted by Crippen LogP contribution is 2.33. The van der Waals surface area contributed by atoms with Crippen LogP contribution in [0.2, 0.25) is 0 Å². The number of aryl methyl sites for hydroxylation is 1. The van der Waals surface area contributed by atoms with Gasteiger partial charge in [0.2, 0.25) is 11.8 Å². The molecule has 1 aliphatic rings. The summed E-state index contributed by atoms with van der Waals surface area (Å²) in [5.41, 5.74) is 15.2. The van der Waals surface area contributed by atoms with E-state index in [2.05, 4.69) is 25.2 Å². The molecule has 13 heteroatoms. The molecule has 0 atom stereocenters. The Morgan fingerprint density at radius 2 is 1.93 bits per heavy atom. The number of nitrogen functional groups attached to an aromatic ring is 1. The summed E-state index contributed by atoms with van der Waals surface area (Å²) in [7, 11) is 0. The number of rotatable bonds is 10. The molecule has 42 heavy (non-hydrogen) atoms. The molecule has 4 heterocycles. The number of carbonyl (C=O) groups excluding carboxylic acids is 1. The van der Waals surface area contributed by atoms with Crippen LogP contribution in [0.4, 0.5) is 5.82 Å². The van der Waals surface area contributed by atoms with Crippen molar-refractivity contribution in [1.82, 2.24) is 29.7 Å². The highest BCUT2D eigenvalue weighted by atomic mass is 16.6. The monoisotopic (exact) mass is 570 g/mol. The predicted molar refractivity (Wildman–Crippen MR) is 154 cm³/mol. The fraction of sp³-hybridized carbons (Fsp3) is 0.276. The van der Waals surface area contributed by atoms with Crippen LogP contribution in [0.3, 0.4) is 0 Å². The molecule has 1 fully saturated rings. The van der Waals surface area contributed by atoms with Crippen molar-refractivity contribution in [2.45, 2.75) is 13.5 Å². The van der Waals surface area contributed by atoms with Crippen LogP contribution in [0.1, 0.15) is 17.3 Å². The zero-order valence-electron chi connectivity index (χ0n) is 23.0. The van der Waals surface area contributed by atoms with Crippen LogP contribution in [0.25, 0.3) is 33.7 Å². The van der Waals surface area contributed by atoms with Crippen molar-refractivity contribution < 1.29 is 23.6 Å². The first-order valence-electron chi connectivity index (χ1n) is 13.6. The molecule has 5 aromatic rings. The maximum Gasteiger partial charge on any atom is 0.249 e. The van der Waals surface area contributed by atoms with Crippen molar-refractivity contribution in [3.63, 3.8) is 0 Å². The standard InChI is InChI=1S/C29H30N8O5/c1-2-37-24-16-25(32-17-23(24)33-29(37)26-27(30)35-42-34-26)41-20-5-3-4-18(14-20)22-15-19(6-7-21(22)28(31)38)40-13-10-36-8-11-39-12-9-36/h3-7,14-17H,2,8-13H2,1H3,(H2,30,35)(H2,31,38). The molecule has 216 valence electrons. The van der Waals surface area contributed by atoms with Crippen LogP contribution in [-0.4, -0.2) is 75.1 Å². The quantitative estimate of drug-likeness (QED) is 0.252. The minimum absolute atomic E-state index is 0.156. The van der Waals surface area contributed by atoms with Gasteiger partial charge in [-0.2, -0.15) is 0 Å². The SMILES string of the molecule is CCn1c(-c2nonc2N)nc2cnc(Oc3cccc(-c4cc(OCCN5CCOCC5)ccc4C(N)=O)c3)cc21. The zero-order chi connectivity index (χ0) is 29.1. The van der Waals surface area contributed by atoms with E-state index >= 15 is 0 Å². The maximum absolute atomic E-state index is 12.3. The van der Waals surface area contributed by atoms with Crippen LogP contribution in [-0.2, 0) is 11.3 Å². The molecule has 1 saturated heterocycles. The van der Waals surface area contributed by atoms with E-state index in [1.807, 2.05) is 41.8 Å². The fourth-order valence-corrected chi connectivity index (χ4v) is 4.95. The third-order valence-electron chi connectivity index (χ3n) is 7.06.